The van der Waals surface area contributed by atoms with Gasteiger partial charge >= 0.3 is 0 Å². The van der Waals surface area contributed by atoms with Crippen molar-refractivity contribution in [1.82, 2.24) is 10.3 Å². The van der Waals surface area contributed by atoms with E-state index in [0.717, 1.165) is 18.8 Å². The Morgan fingerprint density at radius 3 is 3.08 bits per heavy atom. The van der Waals surface area contributed by atoms with Crippen molar-refractivity contribution < 1.29 is 0 Å². The van der Waals surface area contributed by atoms with Gasteiger partial charge in [0.2, 0.25) is 0 Å². The number of anilines is 1. The average molecular weight is 174 g/mol. The van der Waals surface area contributed by atoms with Gasteiger partial charge in [-0.2, -0.15) is 5.26 Å². The van der Waals surface area contributed by atoms with E-state index in [-0.39, 0.29) is 0 Å². The molecule has 1 aromatic rings. The van der Waals surface area contributed by atoms with E-state index >= 15 is 0 Å². The molecule has 4 nitrogen and oxygen atoms in total. The van der Waals surface area contributed by atoms with Gasteiger partial charge in [0, 0.05) is 19.3 Å². The topological polar surface area (TPSA) is 60.7 Å². The van der Waals surface area contributed by atoms with Gasteiger partial charge in [0.05, 0.1) is 11.7 Å². The summed E-state index contributed by atoms with van der Waals surface area (Å²) in [6, 6.07) is 6.20. The van der Waals surface area contributed by atoms with Gasteiger partial charge in [0.1, 0.15) is 6.07 Å². The normalized spacial score (nSPS) is 15.9. The molecule has 0 saturated carbocycles. The highest BCUT2D eigenvalue weighted by molar-refractivity contribution is 5.54. The van der Waals surface area contributed by atoms with Gasteiger partial charge in [0.15, 0.2) is 5.69 Å². The maximum absolute atomic E-state index is 8.75. The number of nitriles is 1. The molecule has 2 heterocycles. The molecule has 2 rings (SSSR count). The minimum absolute atomic E-state index is 0.441. The average Bonchev–Trinajstić information content (AvgIpc) is 2.12. The summed E-state index contributed by atoms with van der Waals surface area (Å²) in [5, 5.41) is 15.2. The van der Waals surface area contributed by atoms with Gasteiger partial charge in [-0.3, -0.25) is 0 Å². The number of nitrogens with zero attached hydrogens (tertiary/aromatic N) is 2. The summed E-state index contributed by atoms with van der Waals surface area (Å²) in [5.74, 6) is 0. The Hall–Kier alpha value is -1.60. The van der Waals surface area contributed by atoms with E-state index in [2.05, 4.69) is 21.7 Å². The first-order valence-electron chi connectivity index (χ1n) is 4.22. The molecule has 0 aromatic carbocycles. The van der Waals surface area contributed by atoms with Crippen molar-refractivity contribution in [2.45, 2.75) is 6.04 Å². The predicted molar refractivity (Wildman–Crippen MR) is 49.2 cm³/mol. The molecular weight excluding hydrogens is 164 g/mol. The molecule has 13 heavy (non-hydrogen) atoms. The molecule has 66 valence electrons. The van der Waals surface area contributed by atoms with Crippen LogP contribution in [0.25, 0.3) is 0 Å². The molecule has 2 N–H and O–H groups in total. The standard InChI is InChI=1S/C9H10N4/c10-4-9-8(2-1-3-12-9)13-7-5-11-6-7/h1-3,7,11,13H,5-6H2. The van der Waals surface area contributed by atoms with E-state index in [1.165, 1.54) is 0 Å². The number of hydrogen-bond donors (Lipinski definition) is 2. The van der Waals surface area contributed by atoms with Crippen LogP contribution in [-0.2, 0) is 0 Å². The van der Waals surface area contributed by atoms with E-state index in [9.17, 15) is 0 Å². The first-order chi connectivity index (χ1) is 6.40. The van der Waals surface area contributed by atoms with Gasteiger partial charge < -0.3 is 10.6 Å². The van der Waals surface area contributed by atoms with Crippen LogP contribution in [0.3, 0.4) is 0 Å². The van der Waals surface area contributed by atoms with Crippen LogP contribution < -0.4 is 10.6 Å². The largest absolute Gasteiger partial charge is 0.377 e. The third-order valence-electron chi connectivity index (χ3n) is 2.05. The summed E-state index contributed by atoms with van der Waals surface area (Å²) in [4.78, 5) is 3.96. The Bertz CT molecular complexity index is 338. The van der Waals surface area contributed by atoms with Gasteiger partial charge in [-0.1, -0.05) is 0 Å². The minimum atomic E-state index is 0.441. The molecule has 0 bridgehead atoms. The third-order valence-corrected chi connectivity index (χ3v) is 2.05. The molecule has 1 aliphatic heterocycles. The van der Waals surface area contributed by atoms with Crippen LogP contribution in [0.2, 0.25) is 0 Å². The monoisotopic (exact) mass is 174 g/mol. The lowest BCUT2D eigenvalue weighted by Crippen LogP contribution is -2.51. The zero-order chi connectivity index (χ0) is 9.10. The zero-order valence-electron chi connectivity index (χ0n) is 7.12. The fourth-order valence-electron chi connectivity index (χ4n) is 1.22. The summed E-state index contributed by atoms with van der Waals surface area (Å²) >= 11 is 0. The molecule has 0 atom stereocenters. The third kappa shape index (κ3) is 1.60. The highest BCUT2D eigenvalue weighted by atomic mass is 15.1. The maximum Gasteiger partial charge on any atom is 0.163 e. The molecule has 0 amide bonds. The van der Waals surface area contributed by atoms with E-state index in [4.69, 9.17) is 5.26 Å². The molecule has 1 aromatic heterocycles. The highest BCUT2D eigenvalue weighted by Gasteiger charge is 2.17. The van der Waals surface area contributed by atoms with E-state index < -0.39 is 0 Å². The van der Waals surface area contributed by atoms with Crippen LogP contribution in [0.4, 0.5) is 5.69 Å². The molecule has 0 unspecified atom stereocenters. The summed E-state index contributed by atoms with van der Waals surface area (Å²) < 4.78 is 0. The second-order valence-corrected chi connectivity index (χ2v) is 3.01. The Morgan fingerprint density at radius 2 is 2.46 bits per heavy atom. The molecule has 0 radical (unpaired) electrons. The van der Waals surface area contributed by atoms with Gasteiger partial charge in [0.25, 0.3) is 0 Å². The summed E-state index contributed by atoms with van der Waals surface area (Å²) in [6.45, 7) is 1.92. The number of rotatable bonds is 2. The Balaban J connectivity index is 2.14. The zero-order valence-corrected chi connectivity index (χ0v) is 7.12. The van der Waals surface area contributed by atoms with Gasteiger partial charge in [-0.25, -0.2) is 4.98 Å². The Labute approximate surface area is 76.6 Å². The fraction of sp³-hybridized carbons (Fsp3) is 0.333. The Morgan fingerprint density at radius 1 is 1.62 bits per heavy atom. The van der Waals surface area contributed by atoms with Gasteiger partial charge in [-0.05, 0) is 12.1 Å². The molecular formula is C9H10N4. The summed E-state index contributed by atoms with van der Waals surface area (Å²) in [7, 11) is 0. The molecule has 1 saturated heterocycles. The molecule has 1 aliphatic rings. The van der Waals surface area contributed by atoms with Crippen molar-refractivity contribution in [1.29, 1.82) is 5.26 Å². The number of hydrogen-bond acceptors (Lipinski definition) is 4. The molecule has 4 heteroatoms. The summed E-state index contributed by atoms with van der Waals surface area (Å²) in [6.07, 6.45) is 1.63. The second kappa shape index (κ2) is 3.42. The van der Waals surface area contributed by atoms with E-state index in [1.54, 1.807) is 6.20 Å². The molecule has 1 fully saturated rings. The van der Waals surface area contributed by atoms with Crippen LogP contribution in [0.5, 0.6) is 0 Å². The first-order valence-corrected chi connectivity index (χ1v) is 4.22. The fourth-order valence-corrected chi connectivity index (χ4v) is 1.22. The Kier molecular flexibility index (Phi) is 2.11. The number of aromatic nitrogens is 1. The summed E-state index contributed by atoms with van der Waals surface area (Å²) in [5.41, 5.74) is 1.30. The minimum Gasteiger partial charge on any atom is -0.377 e. The van der Waals surface area contributed by atoms with Crippen molar-refractivity contribution in [3.05, 3.63) is 24.0 Å². The van der Waals surface area contributed by atoms with Crippen molar-refractivity contribution in [2.24, 2.45) is 0 Å². The lowest BCUT2D eigenvalue weighted by molar-refractivity contribution is 0.472. The van der Waals surface area contributed by atoms with Crippen molar-refractivity contribution >= 4 is 5.69 Å². The van der Waals surface area contributed by atoms with Crippen LogP contribution in [0.15, 0.2) is 18.3 Å². The first kappa shape index (κ1) is 8.02. The lowest BCUT2D eigenvalue weighted by Gasteiger charge is -2.28. The predicted octanol–water partition coefficient (Wildman–Crippen LogP) is 0.337. The van der Waals surface area contributed by atoms with Crippen LogP contribution in [-0.4, -0.2) is 24.1 Å². The van der Waals surface area contributed by atoms with Gasteiger partial charge in [-0.15, -0.1) is 0 Å². The molecule has 0 spiro atoms. The lowest BCUT2D eigenvalue weighted by atomic mass is 10.1. The quantitative estimate of drug-likeness (QED) is 0.678. The van der Waals surface area contributed by atoms with Crippen molar-refractivity contribution in [3.8, 4) is 6.07 Å². The second-order valence-electron chi connectivity index (χ2n) is 3.01. The van der Waals surface area contributed by atoms with Crippen LogP contribution in [0, 0.1) is 11.3 Å². The smallest absolute Gasteiger partial charge is 0.163 e. The van der Waals surface area contributed by atoms with Crippen molar-refractivity contribution in [3.63, 3.8) is 0 Å². The van der Waals surface area contributed by atoms with E-state index in [1.807, 2.05) is 12.1 Å². The van der Waals surface area contributed by atoms with E-state index in [0.29, 0.717) is 11.7 Å². The SMILES string of the molecule is N#Cc1ncccc1NC1CNC1. The van der Waals surface area contributed by atoms with Crippen LogP contribution >= 0.6 is 0 Å². The highest BCUT2D eigenvalue weighted by Crippen LogP contribution is 2.13. The number of pyridine rings is 1. The van der Waals surface area contributed by atoms with Crippen molar-refractivity contribution in [2.75, 3.05) is 18.4 Å². The van der Waals surface area contributed by atoms with Crippen LogP contribution in [0.1, 0.15) is 5.69 Å². The maximum atomic E-state index is 8.75. The molecule has 0 aliphatic carbocycles. The number of nitrogens with one attached hydrogen (secondary N) is 2.